The number of rotatable bonds is 2. The Morgan fingerprint density at radius 2 is 1.66 bits per heavy atom. The lowest BCUT2D eigenvalue weighted by molar-refractivity contribution is -0.139. The summed E-state index contributed by atoms with van der Waals surface area (Å²) < 4.78 is 10.1. The van der Waals surface area contributed by atoms with Gasteiger partial charge in [0, 0.05) is 27.5 Å². The minimum Gasteiger partial charge on any atom is -0.466 e. The van der Waals surface area contributed by atoms with Crippen molar-refractivity contribution >= 4 is 57.2 Å². The third kappa shape index (κ3) is 2.58. The van der Waals surface area contributed by atoms with Crippen LogP contribution >= 0.6 is 11.6 Å². The maximum Gasteiger partial charge on any atom is 0.339 e. The molecular weight excluding hydrogens is 432 g/mol. The van der Waals surface area contributed by atoms with E-state index < -0.39 is 23.4 Å². The summed E-state index contributed by atoms with van der Waals surface area (Å²) in [5.74, 6) is -2.12. The van der Waals surface area contributed by atoms with E-state index in [4.69, 9.17) is 21.1 Å². The van der Waals surface area contributed by atoms with Gasteiger partial charge in [0.25, 0.3) is 5.91 Å². The molecule has 0 aromatic heterocycles. The molecule has 0 saturated heterocycles. The number of anilines is 2. The number of carbonyl (C=O) groups excluding carboxylic acids is 3. The summed E-state index contributed by atoms with van der Waals surface area (Å²) in [5, 5.41) is 7.97. The van der Waals surface area contributed by atoms with Gasteiger partial charge in [-0.25, -0.2) is 9.59 Å². The average molecular weight is 449 g/mol. The first-order chi connectivity index (χ1) is 15.4. The predicted octanol–water partition coefficient (Wildman–Crippen LogP) is 3.87. The van der Waals surface area contributed by atoms with Crippen molar-refractivity contribution in [2.45, 2.75) is 5.54 Å². The zero-order valence-corrected chi connectivity index (χ0v) is 17.9. The van der Waals surface area contributed by atoms with Gasteiger partial charge in [0.1, 0.15) is 0 Å². The van der Waals surface area contributed by atoms with Gasteiger partial charge in [-0.2, -0.15) is 0 Å². The Bertz CT molecular complexity index is 1380. The van der Waals surface area contributed by atoms with Gasteiger partial charge in [0.2, 0.25) is 0 Å². The lowest BCUT2D eigenvalue weighted by atomic mass is 9.75. The van der Waals surface area contributed by atoms with Crippen LogP contribution in [0, 0.1) is 0 Å². The first-order valence-corrected chi connectivity index (χ1v) is 10.1. The zero-order valence-electron chi connectivity index (χ0n) is 17.1. The molecule has 1 atom stereocenters. The van der Waals surface area contributed by atoms with Crippen LogP contribution in [0.5, 0.6) is 0 Å². The summed E-state index contributed by atoms with van der Waals surface area (Å²) in [6.07, 6.45) is 0. The normalized spacial score (nSPS) is 18.7. The molecule has 1 amide bonds. The first kappa shape index (κ1) is 20.1. The molecule has 2 heterocycles. The molecule has 3 aromatic carbocycles. The van der Waals surface area contributed by atoms with Crippen LogP contribution in [-0.2, 0) is 29.4 Å². The second kappa shape index (κ2) is 7.10. The van der Waals surface area contributed by atoms with Gasteiger partial charge in [-0.3, -0.25) is 4.79 Å². The molecule has 8 heteroatoms. The number of hydrogen-bond donors (Lipinski definition) is 2. The minimum absolute atomic E-state index is 0.0344. The molecule has 7 nitrogen and oxygen atoms in total. The van der Waals surface area contributed by atoms with Gasteiger partial charge in [0.05, 0.1) is 25.4 Å². The molecule has 0 saturated carbocycles. The van der Waals surface area contributed by atoms with Crippen LogP contribution in [0.1, 0.15) is 11.1 Å². The topological polar surface area (TPSA) is 93.7 Å². The number of fused-ring (bicyclic) bond motifs is 5. The van der Waals surface area contributed by atoms with Crippen molar-refractivity contribution in [3.63, 3.8) is 0 Å². The van der Waals surface area contributed by atoms with Gasteiger partial charge < -0.3 is 20.1 Å². The van der Waals surface area contributed by atoms with Crippen molar-refractivity contribution in [2.75, 3.05) is 24.9 Å². The van der Waals surface area contributed by atoms with Crippen LogP contribution in [0.25, 0.3) is 16.3 Å². The fourth-order valence-corrected chi connectivity index (χ4v) is 4.70. The molecule has 5 rings (SSSR count). The van der Waals surface area contributed by atoms with Crippen molar-refractivity contribution in [3.05, 3.63) is 76.3 Å². The Balaban J connectivity index is 1.97. The monoisotopic (exact) mass is 448 g/mol. The Morgan fingerprint density at radius 1 is 0.938 bits per heavy atom. The molecule has 160 valence electrons. The van der Waals surface area contributed by atoms with E-state index in [1.54, 1.807) is 24.3 Å². The second-order valence-corrected chi connectivity index (χ2v) is 7.90. The van der Waals surface area contributed by atoms with Crippen LogP contribution < -0.4 is 10.6 Å². The predicted molar refractivity (Wildman–Crippen MR) is 120 cm³/mol. The highest BCUT2D eigenvalue weighted by Crippen LogP contribution is 2.52. The number of esters is 2. The van der Waals surface area contributed by atoms with E-state index in [2.05, 4.69) is 10.6 Å². The Morgan fingerprint density at radius 3 is 2.41 bits per heavy atom. The highest BCUT2D eigenvalue weighted by atomic mass is 35.5. The molecule has 0 fully saturated rings. The van der Waals surface area contributed by atoms with E-state index in [0.717, 1.165) is 10.8 Å². The maximum atomic E-state index is 13.5. The highest BCUT2D eigenvalue weighted by molar-refractivity contribution is 6.34. The number of ether oxygens (including phenoxy) is 2. The van der Waals surface area contributed by atoms with Crippen molar-refractivity contribution < 1.29 is 23.9 Å². The number of amides is 1. The van der Waals surface area contributed by atoms with E-state index in [1.807, 2.05) is 30.3 Å². The SMILES string of the molecule is COC(=O)C1=C(C(=O)OC)C2(Nc3ccc4ccccc4c31)C(=O)Nc1ccc(Cl)cc12. The summed E-state index contributed by atoms with van der Waals surface area (Å²) >= 11 is 6.25. The Labute approximate surface area is 188 Å². The number of methoxy groups -OCH3 is 2. The molecule has 0 bridgehead atoms. The van der Waals surface area contributed by atoms with E-state index in [1.165, 1.54) is 14.2 Å². The molecular formula is C24H17ClN2O5. The summed E-state index contributed by atoms with van der Waals surface area (Å²) in [7, 11) is 2.42. The third-order valence-electron chi connectivity index (χ3n) is 5.88. The lowest BCUT2D eigenvalue weighted by Crippen LogP contribution is -2.49. The summed E-state index contributed by atoms with van der Waals surface area (Å²) in [6.45, 7) is 0. The van der Waals surface area contributed by atoms with E-state index in [0.29, 0.717) is 27.5 Å². The first-order valence-electron chi connectivity index (χ1n) is 9.75. The number of benzene rings is 3. The zero-order chi connectivity index (χ0) is 22.6. The van der Waals surface area contributed by atoms with Crippen molar-refractivity contribution in [1.82, 2.24) is 0 Å². The van der Waals surface area contributed by atoms with Crippen LogP contribution in [0.3, 0.4) is 0 Å². The largest absolute Gasteiger partial charge is 0.466 e. The Hall–Kier alpha value is -3.84. The minimum atomic E-state index is -1.73. The van der Waals surface area contributed by atoms with Gasteiger partial charge in [0.15, 0.2) is 5.54 Å². The van der Waals surface area contributed by atoms with Crippen molar-refractivity contribution in [3.8, 4) is 0 Å². The smallest absolute Gasteiger partial charge is 0.339 e. The van der Waals surface area contributed by atoms with Gasteiger partial charge in [-0.15, -0.1) is 0 Å². The van der Waals surface area contributed by atoms with Crippen molar-refractivity contribution in [2.24, 2.45) is 0 Å². The van der Waals surface area contributed by atoms with Gasteiger partial charge >= 0.3 is 11.9 Å². The molecule has 32 heavy (non-hydrogen) atoms. The quantitative estimate of drug-likeness (QED) is 0.578. The summed E-state index contributed by atoms with van der Waals surface area (Å²) in [5.41, 5.74) is -0.0739. The fraction of sp³-hybridized carbons (Fsp3) is 0.125. The second-order valence-electron chi connectivity index (χ2n) is 7.46. The van der Waals surface area contributed by atoms with Gasteiger partial charge in [-0.05, 0) is 35.0 Å². The molecule has 2 N–H and O–H groups in total. The average Bonchev–Trinajstić information content (AvgIpc) is 3.07. The third-order valence-corrected chi connectivity index (χ3v) is 6.11. The molecule has 2 aliphatic heterocycles. The molecule has 2 aliphatic rings. The molecule has 1 spiro atoms. The standard InChI is InChI=1S/C24H17ClN2O5/c1-31-21(28)19-18-14-6-4-3-5-12(14)7-9-17(18)27-24(20(19)22(29)32-2)15-11-13(25)8-10-16(15)26-23(24)30/h3-11,27H,1-2H3,(H,26,30). The summed E-state index contributed by atoms with van der Waals surface area (Å²) in [4.78, 5) is 39.8. The number of carbonyl (C=O) groups is 3. The number of hydrogen-bond acceptors (Lipinski definition) is 6. The molecule has 3 aromatic rings. The van der Waals surface area contributed by atoms with E-state index in [-0.39, 0.29) is 11.1 Å². The Kier molecular flexibility index (Phi) is 4.46. The molecule has 0 aliphatic carbocycles. The highest BCUT2D eigenvalue weighted by Gasteiger charge is 2.57. The number of nitrogens with one attached hydrogen (secondary N) is 2. The van der Waals surface area contributed by atoms with E-state index in [9.17, 15) is 14.4 Å². The van der Waals surface area contributed by atoms with Crippen LogP contribution in [0.2, 0.25) is 5.02 Å². The lowest BCUT2D eigenvalue weighted by Gasteiger charge is -2.37. The summed E-state index contributed by atoms with van der Waals surface area (Å²) in [6, 6.07) is 15.9. The van der Waals surface area contributed by atoms with Crippen LogP contribution in [0.4, 0.5) is 11.4 Å². The fourth-order valence-electron chi connectivity index (χ4n) is 4.53. The molecule has 0 radical (unpaired) electrons. The van der Waals surface area contributed by atoms with Crippen LogP contribution in [-0.4, -0.2) is 32.1 Å². The van der Waals surface area contributed by atoms with E-state index >= 15 is 0 Å². The van der Waals surface area contributed by atoms with Crippen LogP contribution in [0.15, 0.2) is 60.2 Å². The maximum absolute atomic E-state index is 13.5. The van der Waals surface area contributed by atoms with Crippen molar-refractivity contribution in [1.29, 1.82) is 0 Å². The van der Waals surface area contributed by atoms with Gasteiger partial charge in [-0.1, -0.05) is 41.9 Å². The molecule has 1 unspecified atom stereocenters. The number of halogens is 1.